The summed E-state index contributed by atoms with van der Waals surface area (Å²) in [6.45, 7) is 2.06. The lowest BCUT2D eigenvalue weighted by molar-refractivity contribution is 0.0527. The van der Waals surface area contributed by atoms with E-state index < -0.39 is 5.97 Å². The first-order chi connectivity index (χ1) is 10.0. The van der Waals surface area contributed by atoms with Crippen molar-refractivity contribution in [2.75, 3.05) is 17.7 Å². The number of nitrogen functional groups attached to an aromatic ring is 1. The van der Waals surface area contributed by atoms with Gasteiger partial charge in [-0.25, -0.2) is 4.79 Å². The normalized spacial score (nSPS) is 10.2. The van der Waals surface area contributed by atoms with E-state index in [-0.39, 0.29) is 0 Å². The molecule has 2 aromatic carbocycles. The number of hydrogen-bond acceptors (Lipinski definition) is 4. The van der Waals surface area contributed by atoms with Gasteiger partial charge in [-0.3, -0.25) is 0 Å². The van der Waals surface area contributed by atoms with Crippen molar-refractivity contribution in [1.82, 2.24) is 0 Å². The second-order valence-corrected chi connectivity index (χ2v) is 5.89. The van der Waals surface area contributed by atoms with Gasteiger partial charge in [0.25, 0.3) is 0 Å². The van der Waals surface area contributed by atoms with Crippen molar-refractivity contribution >= 4 is 57.2 Å². The lowest BCUT2D eigenvalue weighted by Crippen LogP contribution is -2.09. The highest BCUT2D eigenvalue weighted by molar-refractivity contribution is 14.1. The summed E-state index contributed by atoms with van der Waals surface area (Å²) in [5.41, 5.74) is 7.98. The van der Waals surface area contributed by atoms with Crippen LogP contribution in [0.4, 0.5) is 17.1 Å². The molecule has 0 saturated carbocycles. The Morgan fingerprint density at radius 3 is 2.81 bits per heavy atom. The van der Waals surface area contributed by atoms with Gasteiger partial charge in [0.05, 0.1) is 34.3 Å². The Bertz CT molecular complexity index is 677. The van der Waals surface area contributed by atoms with Crippen LogP contribution in [0.25, 0.3) is 0 Å². The van der Waals surface area contributed by atoms with Gasteiger partial charge in [0, 0.05) is 3.57 Å². The zero-order valence-corrected chi connectivity index (χ0v) is 14.2. The average molecular weight is 417 g/mol. The van der Waals surface area contributed by atoms with Crippen LogP contribution in [0, 0.1) is 3.57 Å². The Labute approximate surface area is 141 Å². The summed E-state index contributed by atoms with van der Waals surface area (Å²) in [6, 6.07) is 10.7. The van der Waals surface area contributed by atoms with Crippen LogP contribution in [-0.2, 0) is 4.74 Å². The number of esters is 1. The van der Waals surface area contributed by atoms with Crippen molar-refractivity contribution in [3.05, 3.63) is 50.6 Å². The van der Waals surface area contributed by atoms with Gasteiger partial charge in [0.15, 0.2) is 0 Å². The number of nitrogens with two attached hydrogens (primary N) is 1. The molecule has 0 atom stereocenters. The molecule has 0 radical (unpaired) electrons. The summed E-state index contributed by atoms with van der Waals surface area (Å²) >= 11 is 8.38. The van der Waals surface area contributed by atoms with E-state index in [1.54, 1.807) is 25.1 Å². The van der Waals surface area contributed by atoms with E-state index in [9.17, 15) is 4.79 Å². The predicted molar refractivity (Wildman–Crippen MR) is 94.3 cm³/mol. The van der Waals surface area contributed by atoms with Crippen molar-refractivity contribution < 1.29 is 9.53 Å². The molecule has 0 bridgehead atoms. The summed E-state index contributed by atoms with van der Waals surface area (Å²) in [5, 5.41) is 3.67. The third kappa shape index (κ3) is 3.79. The fraction of sp³-hybridized carbons (Fsp3) is 0.133. The minimum Gasteiger partial charge on any atom is -0.462 e. The lowest BCUT2D eigenvalue weighted by atomic mass is 10.1. The van der Waals surface area contributed by atoms with Crippen LogP contribution < -0.4 is 11.1 Å². The Balaban J connectivity index is 2.41. The largest absolute Gasteiger partial charge is 0.462 e. The summed E-state index contributed by atoms with van der Waals surface area (Å²) in [5.74, 6) is -0.422. The van der Waals surface area contributed by atoms with Gasteiger partial charge in [-0.15, -0.1) is 0 Å². The third-order valence-corrected chi connectivity index (χ3v) is 3.77. The second-order valence-electron chi connectivity index (χ2n) is 4.24. The number of halogens is 2. The molecule has 3 N–H and O–H groups in total. The Morgan fingerprint density at radius 2 is 2.14 bits per heavy atom. The Kier molecular flexibility index (Phi) is 5.30. The fourth-order valence-electron chi connectivity index (χ4n) is 1.81. The van der Waals surface area contributed by atoms with Crippen molar-refractivity contribution in [3.63, 3.8) is 0 Å². The lowest BCUT2D eigenvalue weighted by Gasteiger charge is -2.15. The molecular weight excluding hydrogens is 403 g/mol. The molecule has 2 aromatic rings. The van der Waals surface area contributed by atoms with Gasteiger partial charge in [-0.2, -0.15) is 0 Å². The molecule has 2 rings (SSSR count). The van der Waals surface area contributed by atoms with Crippen LogP contribution in [0.3, 0.4) is 0 Å². The topological polar surface area (TPSA) is 64.3 Å². The molecule has 0 aliphatic rings. The summed E-state index contributed by atoms with van der Waals surface area (Å²) in [4.78, 5) is 12.0. The van der Waals surface area contributed by atoms with Gasteiger partial charge in [0.1, 0.15) is 0 Å². The molecule has 0 fully saturated rings. The fourth-order valence-corrected chi connectivity index (χ4v) is 2.72. The number of anilines is 3. The van der Waals surface area contributed by atoms with Gasteiger partial charge < -0.3 is 15.8 Å². The van der Waals surface area contributed by atoms with E-state index in [1.807, 2.05) is 18.2 Å². The SMILES string of the molecule is CCOC(=O)c1cccc(N)c1Nc1ccc(I)cc1Cl. The third-order valence-electron chi connectivity index (χ3n) is 2.78. The van der Waals surface area contributed by atoms with Gasteiger partial charge in [-0.1, -0.05) is 17.7 Å². The predicted octanol–water partition coefficient (Wildman–Crippen LogP) is 4.45. The van der Waals surface area contributed by atoms with E-state index >= 15 is 0 Å². The zero-order chi connectivity index (χ0) is 15.4. The van der Waals surface area contributed by atoms with Crippen LogP contribution in [0.15, 0.2) is 36.4 Å². The number of carbonyl (C=O) groups is 1. The molecule has 0 unspecified atom stereocenters. The van der Waals surface area contributed by atoms with Gasteiger partial charge in [-0.05, 0) is 59.8 Å². The van der Waals surface area contributed by atoms with E-state index in [0.29, 0.717) is 34.3 Å². The van der Waals surface area contributed by atoms with E-state index in [0.717, 1.165) is 3.57 Å². The van der Waals surface area contributed by atoms with Crippen molar-refractivity contribution in [1.29, 1.82) is 0 Å². The Hall–Kier alpha value is -1.47. The molecule has 0 aromatic heterocycles. The molecule has 6 heteroatoms. The summed E-state index contributed by atoms with van der Waals surface area (Å²) in [6.07, 6.45) is 0. The maximum atomic E-state index is 12.0. The second kappa shape index (κ2) is 7.00. The Morgan fingerprint density at radius 1 is 1.38 bits per heavy atom. The van der Waals surface area contributed by atoms with Crippen molar-refractivity contribution in [2.45, 2.75) is 6.92 Å². The van der Waals surface area contributed by atoms with Crippen molar-refractivity contribution in [2.24, 2.45) is 0 Å². The van der Waals surface area contributed by atoms with Crippen LogP contribution in [0.2, 0.25) is 5.02 Å². The monoisotopic (exact) mass is 416 g/mol. The molecule has 21 heavy (non-hydrogen) atoms. The number of para-hydroxylation sites is 1. The summed E-state index contributed by atoms with van der Waals surface area (Å²) in [7, 11) is 0. The smallest absolute Gasteiger partial charge is 0.340 e. The maximum absolute atomic E-state index is 12.0. The van der Waals surface area contributed by atoms with Gasteiger partial charge >= 0.3 is 5.97 Å². The first-order valence-corrected chi connectivity index (χ1v) is 7.76. The highest BCUT2D eigenvalue weighted by Crippen LogP contribution is 2.32. The molecule has 110 valence electrons. The van der Waals surface area contributed by atoms with E-state index in [1.165, 1.54) is 0 Å². The first kappa shape index (κ1) is 15.9. The number of hydrogen-bond donors (Lipinski definition) is 2. The molecule has 0 amide bonds. The van der Waals surface area contributed by atoms with Gasteiger partial charge in [0.2, 0.25) is 0 Å². The standard InChI is InChI=1S/C15H14ClIN2O2/c1-2-21-15(20)10-4-3-5-12(18)14(10)19-13-7-6-9(17)8-11(13)16/h3-8,19H,2,18H2,1H3. The molecule has 0 saturated heterocycles. The molecule has 0 spiro atoms. The molecule has 0 aliphatic carbocycles. The first-order valence-electron chi connectivity index (χ1n) is 6.30. The maximum Gasteiger partial charge on any atom is 0.340 e. The van der Waals surface area contributed by atoms with Crippen LogP contribution in [0.5, 0.6) is 0 Å². The molecule has 0 heterocycles. The minimum atomic E-state index is -0.422. The highest BCUT2D eigenvalue weighted by Gasteiger charge is 2.15. The quantitative estimate of drug-likeness (QED) is 0.439. The molecule has 4 nitrogen and oxygen atoms in total. The molecular formula is C15H14ClIN2O2. The average Bonchev–Trinajstić information content (AvgIpc) is 2.43. The number of ether oxygens (including phenoxy) is 1. The number of carbonyl (C=O) groups excluding carboxylic acids is 1. The van der Waals surface area contributed by atoms with Crippen molar-refractivity contribution in [3.8, 4) is 0 Å². The number of benzene rings is 2. The van der Waals surface area contributed by atoms with Crippen LogP contribution in [-0.4, -0.2) is 12.6 Å². The number of nitrogens with one attached hydrogen (secondary N) is 1. The molecule has 0 aliphatic heterocycles. The highest BCUT2D eigenvalue weighted by atomic mass is 127. The summed E-state index contributed by atoms with van der Waals surface area (Å²) < 4.78 is 6.06. The van der Waals surface area contributed by atoms with Crippen LogP contribution in [0.1, 0.15) is 17.3 Å². The number of rotatable bonds is 4. The van der Waals surface area contributed by atoms with E-state index in [4.69, 9.17) is 22.1 Å². The minimum absolute atomic E-state index is 0.303. The zero-order valence-electron chi connectivity index (χ0n) is 11.3. The van der Waals surface area contributed by atoms with Crippen LogP contribution >= 0.6 is 34.2 Å². The van der Waals surface area contributed by atoms with E-state index in [2.05, 4.69) is 27.9 Å².